The molecule has 1 amide bonds. The summed E-state index contributed by atoms with van der Waals surface area (Å²) in [6, 6.07) is 16.3. The summed E-state index contributed by atoms with van der Waals surface area (Å²) in [5, 5.41) is 0.794. The van der Waals surface area contributed by atoms with Crippen LogP contribution in [0.25, 0.3) is 6.08 Å². The van der Waals surface area contributed by atoms with E-state index in [0.717, 1.165) is 39.9 Å². The molecule has 1 saturated heterocycles. The molecule has 1 aliphatic carbocycles. The molecule has 30 heavy (non-hydrogen) atoms. The predicted molar refractivity (Wildman–Crippen MR) is 125 cm³/mol. The van der Waals surface area contributed by atoms with Gasteiger partial charge in [0, 0.05) is 6.04 Å². The third-order valence-electron chi connectivity index (χ3n) is 5.50. The van der Waals surface area contributed by atoms with Gasteiger partial charge < -0.3 is 4.74 Å². The van der Waals surface area contributed by atoms with Crippen LogP contribution in [0.15, 0.2) is 58.4 Å². The lowest BCUT2D eigenvalue weighted by Gasteiger charge is -2.30. The Hall–Kier alpha value is -2.53. The number of ether oxygens (including phenoxy) is 1. The molecule has 0 bridgehead atoms. The monoisotopic (exact) mass is 420 g/mol. The van der Waals surface area contributed by atoms with Gasteiger partial charge in [-0.15, -0.1) is 0 Å². The molecule has 2 fully saturated rings. The minimum Gasteiger partial charge on any atom is -0.494 e. The Morgan fingerprint density at radius 3 is 2.63 bits per heavy atom. The largest absolute Gasteiger partial charge is 0.494 e. The van der Waals surface area contributed by atoms with Crippen molar-refractivity contribution < 1.29 is 9.53 Å². The lowest BCUT2D eigenvalue weighted by molar-refractivity contribution is -0.124. The minimum atomic E-state index is 0.0691. The number of thioether (sulfide) groups is 1. The summed E-state index contributed by atoms with van der Waals surface area (Å²) < 4.78 is 5.61. The van der Waals surface area contributed by atoms with Crippen LogP contribution in [0.4, 0.5) is 5.69 Å². The van der Waals surface area contributed by atoms with Crippen molar-refractivity contribution >= 4 is 34.6 Å². The van der Waals surface area contributed by atoms with Crippen LogP contribution in [0.5, 0.6) is 5.75 Å². The molecular weight excluding hydrogens is 392 g/mol. The normalized spacial score (nSPS) is 20.3. The summed E-state index contributed by atoms with van der Waals surface area (Å²) in [6.45, 7) is 4.66. The summed E-state index contributed by atoms with van der Waals surface area (Å²) >= 11 is 1.48. The van der Waals surface area contributed by atoms with E-state index in [0.29, 0.717) is 6.61 Å². The molecule has 0 unspecified atom stereocenters. The first-order valence-electron chi connectivity index (χ1n) is 10.8. The van der Waals surface area contributed by atoms with Gasteiger partial charge in [-0.3, -0.25) is 9.69 Å². The van der Waals surface area contributed by atoms with Crippen molar-refractivity contribution in [2.45, 2.75) is 52.0 Å². The van der Waals surface area contributed by atoms with Crippen molar-refractivity contribution in [3.63, 3.8) is 0 Å². The van der Waals surface area contributed by atoms with Crippen LogP contribution in [0.3, 0.4) is 0 Å². The number of amidine groups is 1. The molecule has 0 aromatic heterocycles. The highest BCUT2D eigenvalue weighted by Gasteiger charge is 2.38. The van der Waals surface area contributed by atoms with Crippen LogP contribution in [-0.2, 0) is 4.79 Å². The van der Waals surface area contributed by atoms with E-state index in [2.05, 4.69) is 19.1 Å². The highest BCUT2D eigenvalue weighted by atomic mass is 32.2. The second kappa shape index (κ2) is 9.52. The number of carbonyl (C=O) groups excluding carboxylic acids is 1. The molecule has 0 spiro atoms. The zero-order valence-electron chi connectivity index (χ0n) is 17.6. The van der Waals surface area contributed by atoms with E-state index < -0.39 is 0 Å². The smallest absolute Gasteiger partial charge is 0.267 e. The number of carbonyl (C=O) groups is 1. The number of hydrogen-bond acceptors (Lipinski definition) is 4. The van der Waals surface area contributed by atoms with Gasteiger partial charge in [-0.2, -0.15) is 0 Å². The van der Waals surface area contributed by atoms with Crippen molar-refractivity contribution in [3.05, 3.63) is 64.6 Å². The number of hydrogen-bond donors (Lipinski definition) is 0. The standard InChI is InChI=1S/C25H28N2O2S/c1-3-29-22-11-7-8-19(16-22)17-23-24(28)27(21-9-5-4-6-10-21)25(30-23)26-20-14-12-18(2)13-15-20/h7-8,11-17,21H,3-6,9-10H2,1-2H3/b23-17+,26-25?. The number of aryl methyl sites for hydroxylation is 1. The van der Waals surface area contributed by atoms with E-state index in [4.69, 9.17) is 9.73 Å². The van der Waals surface area contributed by atoms with Gasteiger partial charge >= 0.3 is 0 Å². The summed E-state index contributed by atoms with van der Waals surface area (Å²) in [5.41, 5.74) is 3.06. The maximum atomic E-state index is 13.4. The Morgan fingerprint density at radius 2 is 1.90 bits per heavy atom. The molecule has 2 aliphatic rings. The third kappa shape index (κ3) is 4.78. The summed E-state index contributed by atoms with van der Waals surface area (Å²) in [6.07, 6.45) is 7.66. The number of aliphatic imine (C=N–C) groups is 1. The van der Waals surface area contributed by atoms with Crippen LogP contribution in [-0.4, -0.2) is 28.6 Å². The average molecular weight is 421 g/mol. The Balaban J connectivity index is 1.67. The highest BCUT2D eigenvalue weighted by Crippen LogP contribution is 2.38. The Kier molecular flexibility index (Phi) is 6.58. The van der Waals surface area contributed by atoms with Crippen molar-refractivity contribution in [1.82, 2.24) is 4.90 Å². The number of nitrogens with zero attached hydrogens (tertiary/aromatic N) is 2. The van der Waals surface area contributed by atoms with Crippen LogP contribution in [0.1, 0.15) is 50.2 Å². The predicted octanol–water partition coefficient (Wildman–Crippen LogP) is 6.33. The first-order valence-corrected chi connectivity index (χ1v) is 11.6. The zero-order chi connectivity index (χ0) is 20.9. The fourth-order valence-electron chi connectivity index (χ4n) is 3.97. The zero-order valence-corrected chi connectivity index (χ0v) is 18.5. The van der Waals surface area contributed by atoms with Crippen LogP contribution in [0, 0.1) is 6.92 Å². The van der Waals surface area contributed by atoms with Gasteiger partial charge in [-0.05, 0) is 74.4 Å². The van der Waals surface area contributed by atoms with Gasteiger partial charge in [0.15, 0.2) is 5.17 Å². The quantitative estimate of drug-likeness (QED) is 0.531. The fraction of sp³-hybridized carbons (Fsp3) is 0.360. The van der Waals surface area contributed by atoms with Crippen molar-refractivity contribution in [2.75, 3.05) is 6.61 Å². The van der Waals surface area contributed by atoms with Gasteiger partial charge in [-0.1, -0.05) is 49.1 Å². The van der Waals surface area contributed by atoms with E-state index in [9.17, 15) is 4.79 Å². The van der Waals surface area contributed by atoms with E-state index in [1.165, 1.54) is 36.6 Å². The topological polar surface area (TPSA) is 41.9 Å². The summed E-state index contributed by atoms with van der Waals surface area (Å²) in [4.78, 5) is 20.9. The van der Waals surface area contributed by atoms with Gasteiger partial charge in [-0.25, -0.2) is 4.99 Å². The van der Waals surface area contributed by atoms with Gasteiger partial charge in [0.25, 0.3) is 5.91 Å². The molecule has 2 aromatic carbocycles. The minimum absolute atomic E-state index is 0.0691. The number of rotatable bonds is 5. The average Bonchev–Trinajstić information content (AvgIpc) is 3.05. The molecule has 1 heterocycles. The maximum Gasteiger partial charge on any atom is 0.267 e. The van der Waals surface area contributed by atoms with Crippen LogP contribution in [0.2, 0.25) is 0 Å². The van der Waals surface area contributed by atoms with E-state index in [1.807, 2.05) is 54.3 Å². The highest BCUT2D eigenvalue weighted by molar-refractivity contribution is 8.18. The summed E-state index contributed by atoms with van der Waals surface area (Å²) in [5.74, 6) is 0.888. The van der Waals surface area contributed by atoms with Gasteiger partial charge in [0.1, 0.15) is 5.75 Å². The molecule has 4 rings (SSSR count). The van der Waals surface area contributed by atoms with Crippen molar-refractivity contribution in [3.8, 4) is 5.75 Å². The van der Waals surface area contributed by atoms with Gasteiger partial charge in [0.05, 0.1) is 17.2 Å². The third-order valence-corrected chi connectivity index (χ3v) is 6.49. The SMILES string of the molecule is CCOc1cccc(/C=C2/SC(=Nc3ccc(C)cc3)N(C3CCCCC3)C2=O)c1. The molecule has 0 atom stereocenters. The first-order chi connectivity index (χ1) is 14.6. The second-order valence-corrected chi connectivity index (χ2v) is 8.82. The molecule has 4 nitrogen and oxygen atoms in total. The number of amides is 1. The van der Waals surface area contributed by atoms with E-state index in [1.54, 1.807) is 0 Å². The maximum absolute atomic E-state index is 13.4. The molecule has 5 heteroatoms. The lowest BCUT2D eigenvalue weighted by Crippen LogP contribution is -2.40. The molecular formula is C25H28N2O2S. The fourth-order valence-corrected chi connectivity index (χ4v) is 5.03. The second-order valence-electron chi connectivity index (χ2n) is 7.81. The van der Waals surface area contributed by atoms with Crippen molar-refractivity contribution in [2.24, 2.45) is 4.99 Å². The summed E-state index contributed by atoms with van der Waals surface area (Å²) in [7, 11) is 0. The first kappa shape index (κ1) is 20.7. The Morgan fingerprint density at radius 1 is 1.13 bits per heavy atom. The Labute approximate surface area is 183 Å². The van der Waals surface area contributed by atoms with Crippen molar-refractivity contribution in [1.29, 1.82) is 0 Å². The molecule has 2 aromatic rings. The van der Waals surface area contributed by atoms with Crippen LogP contribution >= 0.6 is 11.8 Å². The molecule has 1 saturated carbocycles. The number of benzene rings is 2. The molecule has 1 aliphatic heterocycles. The van der Waals surface area contributed by atoms with E-state index in [-0.39, 0.29) is 11.9 Å². The lowest BCUT2D eigenvalue weighted by atomic mass is 9.94. The Bertz CT molecular complexity index is 959. The van der Waals surface area contributed by atoms with Gasteiger partial charge in [0.2, 0.25) is 0 Å². The van der Waals surface area contributed by atoms with E-state index >= 15 is 0 Å². The molecule has 0 radical (unpaired) electrons. The molecule has 156 valence electrons. The molecule has 0 N–H and O–H groups in total. The van der Waals surface area contributed by atoms with Crippen LogP contribution < -0.4 is 4.74 Å².